The number of aryl methyl sites for hydroxylation is 1. The molecule has 0 amide bonds. The van der Waals surface area contributed by atoms with E-state index in [1.807, 2.05) is 6.92 Å². The highest BCUT2D eigenvalue weighted by Gasteiger charge is 2.29. The smallest absolute Gasteiger partial charge is 0.307 e. The van der Waals surface area contributed by atoms with Crippen molar-refractivity contribution in [2.45, 2.75) is 52.4 Å². The SMILES string of the molecule is CC(=O)OC=C(C)Cc1ccc2c(c1)C(C)(C)CC2. The van der Waals surface area contributed by atoms with Gasteiger partial charge in [0.05, 0.1) is 6.26 Å². The summed E-state index contributed by atoms with van der Waals surface area (Å²) in [4.78, 5) is 10.8. The molecule has 0 aliphatic heterocycles. The van der Waals surface area contributed by atoms with Gasteiger partial charge < -0.3 is 4.74 Å². The number of allylic oxidation sites excluding steroid dienone is 1. The number of carbonyl (C=O) groups excluding carboxylic acids is 1. The third-order valence-electron chi connectivity index (χ3n) is 3.83. The Kier molecular flexibility index (Phi) is 3.79. The predicted octanol–water partition coefficient (Wildman–Crippen LogP) is 3.92. The predicted molar refractivity (Wildman–Crippen MR) is 77.0 cm³/mol. The third-order valence-corrected chi connectivity index (χ3v) is 3.83. The van der Waals surface area contributed by atoms with E-state index in [-0.39, 0.29) is 5.97 Å². The second-order valence-corrected chi connectivity index (χ2v) is 6.13. The molecule has 0 N–H and O–H groups in total. The summed E-state index contributed by atoms with van der Waals surface area (Å²) in [5.74, 6) is -0.269. The summed E-state index contributed by atoms with van der Waals surface area (Å²) in [6.07, 6.45) is 4.80. The Morgan fingerprint density at radius 3 is 2.79 bits per heavy atom. The number of hydrogen-bond donors (Lipinski definition) is 0. The van der Waals surface area contributed by atoms with E-state index in [2.05, 4.69) is 32.0 Å². The number of esters is 1. The van der Waals surface area contributed by atoms with Crippen LogP contribution in [0.15, 0.2) is 30.0 Å². The first-order chi connectivity index (χ1) is 8.88. The number of rotatable bonds is 3. The topological polar surface area (TPSA) is 26.3 Å². The molecule has 0 fully saturated rings. The fraction of sp³-hybridized carbons (Fsp3) is 0.471. The van der Waals surface area contributed by atoms with Crippen LogP contribution in [0.3, 0.4) is 0 Å². The van der Waals surface area contributed by atoms with Crippen molar-refractivity contribution in [2.75, 3.05) is 0 Å². The Hall–Kier alpha value is -1.57. The fourth-order valence-electron chi connectivity index (χ4n) is 2.71. The van der Waals surface area contributed by atoms with Crippen molar-refractivity contribution in [1.82, 2.24) is 0 Å². The number of benzene rings is 1. The second kappa shape index (κ2) is 5.20. The van der Waals surface area contributed by atoms with E-state index in [4.69, 9.17) is 4.74 Å². The van der Waals surface area contributed by atoms with Crippen LogP contribution in [-0.2, 0) is 27.8 Å². The lowest BCUT2D eigenvalue weighted by Crippen LogP contribution is -2.12. The zero-order chi connectivity index (χ0) is 14.0. The molecule has 102 valence electrons. The maximum atomic E-state index is 10.8. The Morgan fingerprint density at radius 2 is 2.11 bits per heavy atom. The van der Waals surface area contributed by atoms with Crippen LogP contribution in [0.2, 0.25) is 0 Å². The van der Waals surface area contributed by atoms with Crippen molar-refractivity contribution in [3.63, 3.8) is 0 Å². The molecule has 0 aromatic heterocycles. The average molecular weight is 258 g/mol. The first-order valence-corrected chi connectivity index (χ1v) is 6.83. The molecule has 1 aliphatic carbocycles. The summed E-state index contributed by atoms with van der Waals surface area (Å²) in [6.45, 7) is 8.03. The van der Waals surface area contributed by atoms with Crippen LogP contribution in [0.25, 0.3) is 0 Å². The van der Waals surface area contributed by atoms with E-state index >= 15 is 0 Å². The van der Waals surface area contributed by atoms with E-state index in [9.17, 15) is 4.79 Å². The maximum absolute atomic E-state index is 10.8. The Balaban J connectivity index is 2.15. The lowest BCUT2D eigenvalue weighted by Gasteiger charge is -2.19. The minimum absolute atomic E-state index is 0.269. The van der Waals surface area contributed by atoms with Gasteiger partial charge in [0.1, 0.15) is 0 Å². The standard InChI is InChI=1S/C17H22O2/c1-12(11-19-13(2)18)9-14-5-6-15-7-8-17(3,4)16(15)10-14/h5-6,10-11H,7-9H2,1-4H3. The average Bonchev–Trinajstić information content (AvgIpc) is 2.63. The molecule has 2 rings (SSSR count). The van der Waals surface area contributed by atoms with Gasteiger partial charge in [0, 0.05) is 6.92 Å². The Morgan fingerprint density at radius 1 is 1.37 bits per heavy atom. The molecule has 19 heavy (non-hydrogen) atoms. The van der Waals surface area contributed by atoms with Crippen LogP contribution in [0.1, 0.15) is 50.8 Å². The zero-order valence-electron chi connectivity index (χ0n) is 12.2. The Bertz CT molecular complexity index is 524. The molecule has 1 aromatic carbocycles. The lowest BCUT2D eigenvalue weighted by atomic mass is 9.85. The third kappa shape index (κ3) is 3.25. The Labute approximate surface area is 115 Å². The molecule has 0 unspecified atom stereocenters. The molecule has 0 heterocycles. The van der Waals surface area contributed by atoms with Crippen molar-refractivity contribution in [1.29, 1.82) is 0 Å². The van der Waals surface area contributed by atoms with E-state index in [0.29, 0.717) is 5.41 Å². The summed E-state index contributed by atoms with van der Waals surface area (Å²) in [5.41, 5.74) is 5.60. The molecular formula is C17H22O2. The van der Waals surface area contributed by atoms with Crippen LogP contribution in [0.4, 0.5) is 0 Å². The van der Waals surface area contributed by atoms with Gasteiger partial charge in [-0.2, -0.15) is 0 Å². The van der Waals surface area contributed by atoms with Crippen LogP contribution < -0.4 is 0 Å². The van der Waals surface area contributed by atoms with Crippen LogP contribution >= 0.6 is 0 Å². The minimum Gasteiger partial charge on any atom is -0.435 e. The summed E-state index contributed by atoms with van der Waals surface area (Å²) in [6, 6.07) is 6.75. The molecule has 0 radical (unpaired) electrons. The van der Waals surface area contributed by atoms with Gasteiger partial charge in [0.15, 0.2) is 0 Å². The van der Waals surface area contributed by atoms with Gasteiger partial charge in [-0.1, -0.05) is 32.0 Å². The number of fused-ring (bicyclic) bond motifs is 1. The highest BCUT2D eigenvalue weighted by molar-refractivity contribution is 5.66. The van der Waals surface area contributed by atoms with Gasteiger partial charge in [0.2, 0.25) is 0 Å². The molecule has 2 heteroatoms. The largest absolute Gasteiger partial charge is 0.435 e. The van der Waals surface area contributed by atoms with Crippen LogP contribution in [0.5, 0.6) is 0 Å². The highest BCUT2D eigenvalue weighted by Crippen LogP contribution is 2.38. The van der Waals surface area contributed by atoms with Crippen molar-refractivity contribution in [2.24, 2.45) is 0 Å². The van der Waals surface area contributed by atoms with Crippen molar-refractivity contribution in [3.8, 4) is 0 Å². The summed E-state index contributed by atoms with van der Waals surface area (Å²) in [7, 11) is 0. The van der Waals surface area contributed by atoms with E-state index in [1.165, 1.54) is 36.5 Å². The molecule has 1 aliphatic rings. The molecule has 0 saturated carbocycles. The minimum atomic E-state index is -0.269. The normalized spacial score (nSPS) is 17.2. The van der Waals surface area contributed by atoms with Crippen molar-refractivity contribution < 1.29 is 9.53 Å². The zero-order valence-corrected chi connectivity index (χ0v) is 12.2. The molecule has 0 spiro atoms. The molecular weight excluding hydrogens is 236 g/mol. The van der Waals surface area contributed by atoms with Crippen LogP contribution in [0, 0.1) is 0 Å². The number of carbonyl (C=O) groups is 1. The molecule has 2 nitrogen and oxygen atoms in total. The first kappa shape index (κ1) is 13.9. The van der Waals surface area contributed by atoms with Crippen molar-refractivity contribution >= 4 is 5.97 Å². The van der Waals surface area contributed by atoms with Gasteiger partial charge in [-0.05, 0) is 53.9 Å². The van der Waals surface area contributed by atoms with Gasteiger partial charge in [-0.25, -0.2) is 0 Å². The van der Waals surface area contributed by atoms with Crippen LogP contribution in [-0.4, -0.2) is 5.97 Å². The van der Waals surface area contributed by atoms with Gasteiger partial charge in [-0.15, -0.1) is 0 Å². The quantitative estimate of drug-likeness (QED) is 0.606. The summed E-state index contributed by atoms with van der Waals surface area (Å²) < 4.78 is 4.91. The second-order valence-electron chi connectivity index (χ2n) is 6.13. The van der Waals surface area contributed by atoms with E-state index < -0.39 is 0 Å². The summed E-state index contributed by atoms with van der Waals surface area (Å²) >= 11 is 0. The maximum Gasteiger partial charge on any atom is 0.307 e. The molecule has 0 atom stereocenters. The van der Waals surface area contributed by atoms with Crippen molar-refractivity contribution in [3.05, 3.63) is 46.7 Å². The van der Waals surface area contributed by atoms with Gasteiger partial charge >= 0.3 is 5.97 Å². The summed E-state index contributed by atoms with van der Waals surface area (Å²) in [5, 5.41) is 0. The fourth-order valence-corrected chi connectivity index (χ4v) is 2.71. The number of hydrogen-bond acceptors (Lipinski definition) is 2. The number of ether oxygens (including phenoxy) is 1. The van der Waals surface area contributed by atoms with Gasteiger partial charge in [-0.3, -0.25) is 4.79 Å². The first-order valence-electron chi connectivity index (χ1n) is 6.83. The monoisotopic (exact) mass is 258 g/mol. The molecule has 0 saturated heterocycles. The van der Waals surface area contributed by atoms with Gasteiger partial charge in [0.25, 0.3) is 0 Å². The molecule has 1 aromatic rings. The lowest BCUT2D eigenvalue weighted by molar-refractivity contribution is -0.135. The highest BCUT2D eigenvalue weighted by atomic mass is 16.5. The van der Waals surface area contributed by atoms with E-state index in [0.717, 1.165) is 12.0 Å². The van der Waals surface area contributed by atoms with E-state index in [1.54, 1.807) is 6.26 Å². The molecule has 0 bridgehead atoms.